The van der Waals surface area contributed by atoms with Gasteiger partial charge in [-0.05, 0) is 38.1 Å². The number of hydrogen-bond acceptors (Lipinski definition) is 12. The summed E-state index contributed by atoms with van der Waals surface area (Å²) in [6.07, 6.45) is -2.89. The van der Waals surface area contributed by atoms with E-state index in [1.54, 1.807) is 11.9 Å². The van der Waals surface area contributed by atoms with Gasteiger partial charge in [0, 0.05) is 63.2 Å². The molecule has 1 aliphatic carbocycles. The number of aliphatic carboxylic acids is 1. The molecule has 3 amide bonds. The van der Waals surface area contributed by atoms with Gasteiger partial charge in [0.2, 0.25) is 11.8 Å². The number of nitrogens with one attached hydrogen (secondary N) is 2. The molecule has 2 aromatic heterocycles. The van der Waals surface area contributed by atoms with Crippen LogP contribution >= 0.6 is 11.3 Å². The van der Waals surface area contributed by atoms with Crippen LogP contribution in [0.4, 0.5) is 13.2 Å². The van der Waals surface area contributed by atoms with Crippen LogP contribution in [0.25, 0.3) is 0 Å². The first-order valence-corrected chi connectivity index (χ1v) is 18.6. The highest BCUT2D eigenvalue weighted by Crippen LogP contribution is 2.36. The minimum absolute atomic E-state index is 0.0102. The van der Waals surface area contributed by atoms with Crippen LogP contribution in [0.2, 0.25) is 0 Å². The number of thiazole rings is 1. The highest BCUT2D eigenvalue weighted by Gasteiger charge is 2.42. The Morgan fingerprint density at radius 3 is 2.33 bits per heavy atom. The molecular weight excluding hydrogens is 735 g/mol. The summed E-state index contributed by atoms with van der Waals surface area (Å²) in [5.74, 6) is -4.09. The number of rotatable bonds is 17. The summed E-state index contributed by atoms with van der Waals surface area (Å²) in [6.45, 7) is 7.83. The van der Waals surface area contributed by atoms with Crippen molar-refractivity contribution >= 4 is 41.0 Å². The molecule has 15 nitrogen and oxygen atoms in total. The molecule has 6 atom stereocenters. The van der Waals surface area contributed by atoms with Crippen LogP contribution in [-0.4, -0.2) is 118 Å². The third kappa shape index (κ3) is 11.6. The molecule has 4 rings (SSSR count). The maximum Gasteiger partial charge on any atom is 0.419 e. The van der Waals surface area contributed by atoms with Crippen molar-refractivity contribution in [3.8, 4) is 0 Å². The smallest absolute Gasteiger partial charge is 0.419 e. The number of carboxylic acids is 1. The molecule has 298 valence electrons. The number of esters is 1. The first-order valence-electron chi connectivity index (χ1n) is 17.7. The lowest BCUT2D eigenvalue weighted by molar-refractivity contribution is -0.149. The van der Waals surface area contributed by atoms with Crippen molar-refractivity contribution in [2.24, 2.45) is 17.8 Å². The van der Waals surface area contributed by atoms with Crippen LogP contribution in [0.3, 0.4) is 0 Å². The number of amides is 3. The fraction of sp³-hybridized carbons (Fsp3) is 0.657. The normalized spacial score (nSPS) is 19.3. The van der Waals surface area contributed by atoms with Gasteiger partial charge in [0.05, 0.1) is 24.7 Å². The standard InChI is InChI=1S/C35H48F3N7O8S/c1-18(2)25(45(6)33(49)29(21-7-8-21)43-31(48)26-16-52-10-9-44(26)5)13-27(53-20(4)46)32-42-24(17-54-32)30(47)41-23(11-19(3)34(50)51)12-28-39-14-22(15-40-28)35(36,37)38/h14-15,17-19,21,23,25-27,29H,7-13,16H2,1-6H3,(H,41,47)(H,43,48)(H,50,51)/t19-,23+,25+,26+,27+,29-/m0/s1. The van der Waals surface area contributed by atoms with E-state index in [2.05, 4.69) is 25.6 Å². The van der Waals surface area contributed by atoms with E-state index in [0.29, 0.717) is 25.5 Å². The van der Waals surface area contributed by atoms with E-state index < -0.39 is 65.8 Å². The largest absolute Gasteiger partial charge is 0.481 e. The van der Waals surface area contributed by atoms with E-state index in [1.807, 2.05) is 25.8 Å². The third-order valence-electron chi connectivity index (χ3n) is 9.62. The van der Waals surface area contributed by atoms with E-state index in [0.717, 1.165) is 24.2 Å². The average Bonchev–Trinajstić information content (AvgIpc) is 3.82. The predicted molar refractivity (Wildman–Crippen MR) is 188 cm³/mol. The van der Waals surface area contributed by atoms with Gasteiger partial charge in [-0.15, -0.1) is 11.3 Å². The highest BCUT2D eigenvalue weighted by atomic mass is 32.1. The summed E-state index contributed by atoms with van der Waals surface area (Å²) in [4.78, 5) is 80.0. The molecule has 0 bridgehead atoms. The van der Waals surface area contributed by atoms with Crippen molar-refractivity contribution in [2.75, 3.05) is 33.9 Å². The molecule has 1 saturated heterocycles. The third-order valence-corrected chi connectivity index (χ3v) is 10.6. The van der Waals surface area contributed by atoms with Gasteiger partial charge >= 0.3 is 18.1 Å². The maximum absolute atomic E-state index is 14.0. The van der Waals surface area contributed by atoms with Gasteiger partial charge in [-0.2, -0.15) is 13.2 Å². The number of hydrogen-bond donors (Lipinski definition) is 3. The molecule has 2 aliphatic rings. The van der Waals surface area contributed by atoms with Crippen molar-refractivity contribution in [1.82, 2.24) is 35.4 Å². The molecule has 3 N–H and O–H groups in total. The Kier molecular flexibility index (Phi) is 14.5. The number of halogens is 3. The molecule has 54 heavy (non-hydrogen) atoms. The van der Waals surface area contributed by atoms with Crippen LogP contribution < -0.4 is 10.6 Å². The van der Waals surface area contributed by atoms with E-state index in [9.17, 15) is 42.3 Å². The fourth-order valence-corrected chi connectivity index (χ4v) is 7.09. The number of likely N-dealkylation sites (N-methyl/N-ethyl adjacent to an activating group) is 2. The van der Waals surface area contributed by atoms with Crippen LogP contribution in [0.1, 0.15) is 86.4 Å². The van der Waals surface area contributed by atoms with Crippen LogP contribution in [-0.2, 0) is 41.2 Å². The fourth-order valence-electron chi connectivity index (χ4n) is 6.25. The number of morpholine rings is 1. The maximum atomic E-state index is 14.0. The lowest BCUT2D eigenvalue weighted by Gasteiger charge is -2.37. The van der Waals surface area contributed by atoms with Gasteiger partial charge < -0.3 is 30.1 Å². The monoisotopic (exact) mass is 783 g/mol. The summed E-state index contributed by atoms with van der Waals surface area (Å²) in [5.41, 5.74) is -1.11. The number of nitrogens with zero attached hydrogens (tertiary/aromatic N) is 5. The van der Waals surface area contributed by atoms with Gasteiger partial charge in [0.25, 0.3) is 5.91 Å². The van der Waals surface area contributed by atoms with Crippen molar-refractivity contribution < 1.29 is 51.7 Å². The lowest BCUT2D eigenvalue weighted by Crippen LogP contribution is -2.58. The van der Waals surface area contributed by atoms with Crippen LogP contribution in [0.15, 0.2) is 17.8 Å². The van der Waals surface area contributed by atoms with Gasteiger partial charge in [0.1, 0.15) is 28.6 Å². The Balaban J connectivity index is 1.49. The van der Waals surface area contributed by atoms with Crippen molar-refractivity contribution in [3.05, 3.63) is 39.9 Å². The topological polar surface area (TPSA) is 193 Å². The number of aromatic nitrogens is 3. The molecule has 0 aromatic carbocycles. The zero-order valence-electron chi connectivity index (χ0n) is 31.1. The lowest BCUT2D eigenvalue weighted by atomic mass is 9.95. The number of ether oxygens (including phenoxy) is 2. The van der Waals surface area contributed by atoms with E-state index in [-0.39, 0.29) is 66.0 Å². The summed E-state index contributed by atoms with van der Waals surface area (Å²) < 4.78 is 50.2. The summed E-state index contributed by atoms with van der Waals surface area (Å²) >= 11 is 1.05. The highest BCUT2D eigenvalue weighted by molar-refractivity contribution is 7.09. The zero-order chi connectivity index (χ0) is 39.9. The number of carbonyl (C=O) groups is 5. The molecule has 3 heterocycles. The van der Waals surface area contributed by atoms with Gasteiger partial charge in [-0.25, -0.2) is 15.0 Å². The summed E-state index contributed by atoms with van der Waals surface area (Å²) in [6, 6.07) is -2.62. The predicted octanol–water partition coefficient (Wildman–Crippen LogP) is 3.11. The molecule has 2 aromatic rings. The quantitative estimate of drug-likeness (QED) is 0.199. The number of carbonyl (C=O) groups excluding carboxylic acids is 4. The minimum Gasteiger partial charge on any atom is -0.481 e. The molecule has 2 fully saturated rings. The summed E-state index contributed by atoms with van der Waals surface area (Å²) in [7, 11) is 3.48. The Labute approximate surface area is 315 Å². The second-order valence-corrected chi connectivity index (χ2v) is 15.2. The first-order chi connectivity index (χ1) is 25.3. The minimum atomic E-state index is -4.64. The van der Waals surface area contributed by atoms with E-state index in [1.165, 1.54) is 19.2 Å². The number of alkyl halides is 3. The first kappa shape index (κ1) is 42.5. The van der Waals surface area contributed by atoms with Crippen molar-refractivity contribution in [3.63, 3.8) is 0 Å². The number of carboxylic acid groups (broad SMARTS) is 1. The Morgan fingerprint density at radius 2 is 1.78 bits per heavy atom. The Morgan fingerprint density at radius 1 is 1.11 bits per heavy atom. The molecule has 1 saturated carbocycles. The molecule has 0 unspecified atom stereocenters. The molecular formula is C35H48F3N7O8S. The van der Waals surface area contributed by atoms with E-state index in [4.69, 9.17) is 9.47 Å². The van der Waals surface area contributed by atoms with Gasteiger partial charge in [0.15, 0.2) is 6.10 Å². The van der Waals surface area contributed by atoms with Gasteiger partial charge in [-0.3, -0.25) is 28.9 Å². The average molecular weight is 784 g/mol. The van der Waals surface area contributed by atoms with Crippen molar-refractivity contribution in [1.29, 1.82) is 0 Å². The van der Waals surface area contributed by atoms with Gasteiger partial charge in [-0.1, -0.05) is 20.8 Å². The molecule has 0 spiro atoms. The van der Waals surface area contributed by atoms with Crippen LogP contribution in [0.5, 0.6) is 0 Å². The Hall–Kier alpha value is -4.23. The van der Waals surface area contributed by atoms with E-state index >= 15 is 0 Å². The summed E-state index contributed by atoms with van der Waals surface area (Å²) in [5, 5.41) is 16.9. The molecule has 0 radical (unpaired) electrons. The molecule has 19 heteroatoms. The SMILES string of the molecule is CC(=O)O[C@H](C[C@H](C(C)C)N(C)C(=O)[C@@H](NC(=O)[C@H]1COCCN1C)C1CC1)c1nc(C(=O)N[C@@H](Cc2ncc(C(F)(F)F)cn2)C[C@H](C)C(=O)O)cs1. The Bertz CT molecular complexity index is 1640. The second kappa shape index (κ2) is 18.4. The zero-order valence-corrected chi connectivity index (χ0v) is 31.9. The van der Waals surface area contributed by atoms with Crippen LogP contribution in [0, 0.1) is 17.8 Å². The second-order valence-electron chi connectivity index (χ2n) is 14.3. The molecule has 1 aliphatic heterocycles. The van der Waals surface area contributed by atoms with Crippen molar-refractivity contribution in [2.45, 2.75) is 96.2 Å².